The molecule has 3 N–H and O–H groups in total. The predicted octanol–water partition coefficient (Wildman–Crippen LogP) is 4.17. The van der Waals surface area contributed by atoms with Crippen LogP contribution >= 0.6 is 23.4 Å². The fourth-order valence-corrected chi connectivity index (χ4v) is 3.67. The molecule has 0 aliphatic rings. The van der Waals surface area contributed by atoms with Crippen LogP contribution in [0.4, 0.5) is 4.79 Å². The van der Waals surface area contributed by atoms with Crippen molar-refractivity contribution in [1.82, 2.24) is 20.1 Å². The van der Waals surface area contributed by atoms with Crippen LogP contribution in [0.1, 0.15) is 26.3 Å². The van der Waals surface area contributed by atoms with Crippen molar-refractivity contribution in [3.05, 3.63) is 59.1 Å². The van der Waals surface area contributed by atoms with E-state index < -0.39 is 11.9 Å². The van der Waals surface area contributed by atoms with Gasteiger partial charge < -0.3 is 5.73 Å². The summed E-state index contributed by atoms with van der Waals surface area (Å²) in [5.74, 6) is 0.0993. The van der Waals surface area contributed by atoms with E-state index in [1.807, 2.05) is 34.1 Å². The summed E-state index contributed by atoms with van der Waals surface area (Å²) in [6, 6.07) is 14.5. The van der Waals surface area contributed by atoms with Crippen molar-refractivity contribution in [2.75, 3.05) is 5.75 Å². The number of nitrogens with zero attached hydrogens (tertiary/aromatic N) is 3. The number of carbonyl (C=O) groups excluding carboxylic acids is 2. The highest BCUT2D eigenvalue weighted by Crippen LogP contribution is 2.30. The van der Waals surface area contributed by atoms with E-state index in [0.717, 1.165) is 23.0 Å². The summed E-state index contributed by atoms with van der Waals surface area (Å²) < 4.78 is 1.85. The number of thioether (sulfide) groups is 1. The lowest BCUT2D eigenvalue weighted by molar-refractivity contribution is -0.117. The standard InChI is InChI=1S/C21H22ClN5O2S/c1-21(2,3)14-6-4-13(5-7-14)18-25-26-20(30-12-17(28)24-19(23)29)27(18)16-10-8-15(22)9-11-16/h4-11H,12H2,1-3H3,(H3,23,24,28,29). The molecule has 3 rings (SSSR count). The van der Waals surface area contributed by atoms with Gasteiger partial charge in [-0.05, 0) is 35.2 Å². The average molecular weight is 444 g/mol. The van der Waals surface area contributed by atoms with Crippen LogP contribution in [-0.4, -0.2) is 32.5 Å². The Morgan fingerprint density at radius 2 is 1.70 bits per heavy atom. The van der Waals surface area contributed by atoms with Gasteiger partial charge in [0.1, 0.15) is 0 Å². The lowest BCUT2D eigenvalue weighted by Gasteiger charge is -2.19. The number of aromatic nitrogens is 3. The maximum absolute atomic E-state index is 11.8. The Morgan fingerprint density at radius 3 is 2.27 bits per heavy atom. The number of nitrogens with two attached hydrogens (primary N) is 1. The lowest BCUT2D eigenvalue weighted by atomic mass is 9.87. The normalized spacial score (nSPS) is 11.3. The van der Waals surface area contributed by atoms with Crippen LogP contribution in [0.15, 0.2) is 53.7 Å². The smallest absolute Gasteiger partial charge is 0.318 e. The number of hydrogen-bond acceptors (Lipinski definition) is 5. The first-order valence-electron chi connectivity index (χ1n) is 9.19. The molecule has 0 fully saturated rings. The third kappa shape index (κ3) is 5.20. The highest BCUT2D eigenvalue weighted by molar-refractivity contribution is 7.99. The zero-order chi connectivity index (χ0) is 21.9. The van der Waals surface area contributed by atoms with Crippen LogP contribution in [-0.2, 0) is 10.2 Å². The molecule has 0 atom stereocenters. The molecule has 1 heterocycles. The Morgan fingerprint density at radius 1 is 1.07 bits per heavy atom. The molecular formula is C21H22ClN5O2S. The first-order valence-corrected chi connectivity index (χ1v) is 10.6. The molecule has 1 aromatic heterocycles. The molecule has 3 amide bonds. The minimum atomic E-state index is -0.889. The summed E-state index contributed by atoms with van der Waals surface area (Å²) >= 11 is 7.19. The molecule has 30 heavy (non-hydrogen) atoms. The van der Waals surface area contributed by atoms with Crippen molar-refractivity contribution in [3.8, 4) is 17.1 Å². The number of halogens is 1. The molecule has 0 bridgehead atoms. The Hall–Kier alpha value is -2.84. The highest BCUT2D eigenvalue weighted by atomic mass is 35.5. The summed E-state index contributed by atoms with van der Waals surface area (Å²) in [6.45, 7) is 6.47. The minimum Gasteiger partial charge on any atom is -0.351 e. The molecule has 9 heteroatoms. The molecule has 7 nitrogen and oxygen atoms in total. The summed E-state index contributed by atoms with van der Waals surface area (Å²) in [4.78, 5) is 22.7. The van der Waals surface area contributed by atoms with E-state index in [1.165, 1.54) is 5.56 Å². The molecule has 0 aliphatic heterocycles. The Bertz CT molecular complexity index is 1060. The number of hydrogen-bond donors (Lipinski definition) is 2. The van der Waals surface area contributed by atoms with Crippen LogP contribution in [0, 0.1) is 0 Å². The van der Waals surface area contributed by atoms with E-state index in [0.29, 0.717) is 16.0 Å². The predicted molar refractivity (Wildman–Crippen MR) is 119 cm³/mol. The van der Waals surface area contributed by atoms with E-state index in [9.17, 15) is 9.59 Å². The molecule has 0 aliphatic carbocycles. The van der Waals surface area contributed by atoms with Crippen LogP contribution in [0.2, 0.25) is 5.02 Å². The maximum atomic E-state index is 11.8. The number of urea groups is 1. The van der Waals surface area contributed by atoms with Gasteiger partial charge in [0, 0.05) is 16.3 Å². The zero-order valence-corrected chi connectivity index (χ0v) is 18.4. The number of rotatable bonds is 5. The minimum absolute atomic E-state index is 0.0301. The van der Waals surface area contributed by atoms with Crippen LogP contribution in [0.25, 0.3) is 17.1 Å². The topological polar surface area (TPSA) is 103 Å². The maximum Gasteiger partial charge on any atom is 0.318 e. The van der Waals surface area contributed by atoms with E-state index in [-0.39, 0.29) is 11.2 Å². The number of benzene rings is 2. The molecular weight excluding hydrogens is 422 g/mol. The highest BCUT2D eigenvalue weighted by Gasteiger charge is 2.19. The van der Waals surface area contributed by atoms with Gasteiger partial charge in [-0.25, -0.2) is 4.79 Å². The molecule has 0 unspecified atom stereocenters. The fourth-order valence-electron chi connectivity index (χ4n) is 2.80. The van der Waals surface area contributed by atoms with Gasteiger partial charge in [-0.3, -0.25) is 14.7 Å². The molecule has 0 radical (unpaired) electrons. The fraction of sp³-hybridized carbons (Fsp3) is 0.238. The number of imide groups is 1. The van der Waals surface area contributed by atoms with Gasteiger partial charge in [0.25, 0.3) is 0 Å². The number of primary amides is 1. The van der Waals surface area contributed by atoms with Crippen molar-refractivity contribution in [3.63, 3.8) is 0 Å². The van der Waals surface area contributed by atoms with Gasteiger partial charge in [0.15, 0.2) is 11.0 Å². The molecule has 2 aromatic carbocycles. The second kappa shape index (κ2) is 8.89. The second-order valence-corrected chi connectivity index (χ2v) is 9.03. The summed E-state index contributed by atoms with van der Waals surface area (Å²) in [5.41, 5.74) is 7.93. The van der Waals surface area contributed by atoms with Gasteiger partial charge in [-0.1, -0.05) is 68.4 Å². The number of carbonyl (C=O) groups is 2. The molecule has 156 valence electrons. The van der Waals surface area contributed by atoms with Crippen LogP contribution in [0.5, 0.6) is 0 Å². The van der Waals surface area contributed by atoms with Crippen LogP contribution in [0.3, 0.4) is 0 Å². The zero-order valence-electron chi connectivity index (χ0n) is 16.8. The molecule has 0 saturated heterocycles. The first kappa shape index (κ1) is 21.9. The van der Waals surface area contributed by atoms with Crippen molar-refractivity contribution >= 4 is 35.3 Å². The van der Waals surface area contributed by atoms with Gasteiger partial charge in [-0.15, -0.1) is 10.2 Å². The lowest BCUT2D eigenvalue weighted by Crippen LogP contribution is -2.36. The van der Waals surface area contributed by atoms with Crippen LogP contribution < -0.4 is 11.1 Å². The summed E-state index contributed by atoms with van der Waals surface area (Å²) in [6.07, 6.45) is 0. The second-order valence-electron chi connectivity index (χ2n) is 7.65. The van der Waals surface area contributed by atoms with Crippen molar-refractivity contribution in [2.24, 2.45) is 5.73 Å². The largest absolute Gasteiger partial charge is 0.351 e. The SMILES string of the molecule is CC(C)(C)c1ccc(-c2nnc(SCC(=O)NC(N)=O)n2-c2ccc(Cl)cc2)cc1. The third-order valence-corrected chi connectivity index (χ3v) is 5.50. The van der Waals surface area contributed by atoms with Gasteiger partial charge >= 0.3 is 6.03 Å². The van der Waals surface area contributed by atoms with E-state index in [2.05, 4.69) is 43.1 Å². The van der Waals surface area contributed by atoms with Gasteiger partial charge in [0.2, 0.25) is 5.91 Å². The number of amides is 3. The Labute approximate surface area is 184 Å². The van der Waals surface area contributed by atoms with E-state index >= 15 is 0 Å². The third-order valence-electron chi connectivity index (χ3n) is 4.32. The molecule has 0 spiro atoms. The summed E-state index contributed by atoms with van der Waals surface area (Å²) in [7, 11) is 0. The van der Waals surface area contributed by atoms with Gasteiger partial charge in [0.05, 0.1) is 5.75 Å². The number of nitrogens with one attached hydrogen (secondary N) is 1. The molecule has 3 aromatic rings. The first-order chi connectivity index (χ1) is 14.1. The van der Waals surface area contributed by atoms with E-state index in [4.69, 9.17) is 17.3 Å². The quantitative estimate of drug-likeness (QED) is 0.576. The molecule has 0 saturated carbocycles. The van der Waals surface area contributed by atoms with Crippen molar-refractivity contribution in [1.29, 1.82) is 0 Å². The van der Waals surface area contributed by atoms with E-state index in [1.54, 1.807) is 12.1 Å². The van der Waals surface area contributed by atoms with Crippen molar-refractivity contribution < 1.29 is 9.59 Å². The monoisotopic (exact) mass is 443 g/mol. The average Bonchev–Trinajstić information content (AvgIpc) is 3.10. The van der Waals surface area contributed by atoms with Gasteiger partial charge in [-0.2, -0.15) is 0 Å². The van der Waals surface area contributed by atoms with Crippen molar-refractivity contribution in [2.45, 2.75) is 31.3 Å². The summed E-state index contributed by atoms with van der Waals surface area (Å²) in [5, 5.41) is 11.8. The Balaban J connectivity index is 1.99. The Kier molecular flexibility index (Phi) is 6.48.